The van der Waals surface area contributed by atoms with Gasteiger partial charge in [0.05, 0.1) is 15.2 Å². The second-order valence-electron chi connectivity index (χ2n) is 6.36. The zero-order chi connectivity index (χ0) is 17.9. The number of amides is 1. The Hall–Kier alpha value is -1.23. The van der Waals surface area contributed by atoms with Crippen LogP contribution < -0.4 is 10.1 Å². The third-order valence-corrected chi connectivity index (χ3v) is 4.54. The molecule has 0 aliphatic rings. The van der Waals surface area contributed by atoms with Gasteiger partial charge in [0.1, 0.15) is 5.75 Å². The Balaban J connectivity index is 2.00. The normalized spacial score (nSPS) is 11.2. The first-order valence-corrected chi connectivity index (χ1v) is 8.89. The van der Waals surface area contributed by atoms with E-state index in [2.05, 4.69) is 42.0 Å². The minimum atomic E-state index is -0.314. The van der Waals surface area contributed by atoms with Crippen molar-refractivity contribution < 1.29 is 9.53 Å². The molecule has 1 N–H and O–H groups in total. The molecule has 128 valence electrons. The fourth-order valence-electron chi connectivity index (χ4n) is 2.01. The van der Waals surface area contributed by atoms with E-state index in [1.54, 1.807) is 18.2 Å². The molecule has 0 aliphatic heterocycles. The Morgan fingerprint density at radius 3 is 2.50 bits per heavy atom. The van der Waals surface area contributed by atoms with E-state index in [-0.39, 0.29) is 17.9 Å². The van der Waals surface area contributed by atoms with Crippen molar-refractivity contribution in [1.82, 2.24) is 0 Å². The summed E-state index contributed by atoms with van der Waals surface area (Å²) in [6.45, 7) is 6.28. The molecule has 0 radical (unpaired) electrons. The zero-order valence-electron chi connectivity index (χ0n) is 13.6. The summed E-state index contributed by atoms with van der Waals surface area (Å²) in [5.74, 6) is 0.293. The van der Waals surface area contributed by atoms with Gasteiger partial charge >= 0.3 is 0 Å². The minimum absolute atomic E-state index is 0.0434. The molecular formula is C18H18BrCl2NO2. The van der Waals surface area contributed by atoms with E-state index in [9.17, 15) is 4.79 Å². The van der Waals surface area contributed by atoms with Crippen LogP contribution in [0, 0.1) is 0 Å². The zero-order valence-corrected chi connectivity index (χ0v) is 16.7. The van der Waals surface area contributed by atoms with Crippen LogP contribution in [0.4, 0.5) is 5.69 Å². The molecule has 0 bridgehead atoms. The van der Waals surface area contributed by atoms with Gasteiger partial charge < -0.3 is 10.1 Å². The highest BCUT2D eigenvalue weighted by Crippen LogP contribution is 2.31. The maximum Gasteiger partial charge on any atom is 0.262 e. The maximum atomic E-state index is 12.0. The lowest BCUT2D eigenvalue weighted by Crippen LogP contribution is -2.20. The van der Waals surface area contributed by atoms with Crippen molar-refractivity contribution in [2.45, 2.75) is 26.2 Å². The van der Waals surface area contributed by atoms with Gasteiger partial charge in [-0.25, -0.2) is 0 Å². The van der Waals surface area contributed by atoms with Crippen LogP contribution in [0.15, 0.2) is 40.9 Å². The first-order valence-electron chi connectivity index (χ1n) is 7.34. The van der Waals surface area contributed by atoms with Gasteiger partial charge in [0.2, 0.25) is 0 Å². The van der Waals surface area contributed by atoms with Crippen molar-refractivity contribution in [3.05, 3.63) is 56.5 Å². The summed E-state index contributed by atoms with van der Waals surface area (Å²) in [6, 6.07) is 10.7. The maximum absolute atomic E-state index is 12.0. The van der Waals surface area contributed by atoms with Gasteiger partial charge in [-0.2, -0.15) is 0 Å². The first kappa shape index (κ1) is 19.1. The van der Waals surface area contributed by atoms with Crippen molar-refractivity contribution in [2.24, 2.45) is 0 Å². The summed E-state index contributed by atoms with van der Waals surface area (Å²) in [5, 5.41) is 3.60. The van der Waals surface area contributed by atoms with Gasteiger partial charge in [-0.1, -0.05) is 50.0 Å². The first-order chi connectivity index (χ1) is 11.2. The van der Waals surface area contributed by atoms with Crippen LogP contribution in [0.3, 0.4) is 0 Å². The molecule has 24 heavy (non-hydrogen) atoms. The van der Waals surface area contributed by atoms with E-state index < -0.39 is 0 Å². The smallest absolute Gasteiger partial charge is 0.262 e. The Morgan fingerprint density at radius 2 is 1.88 bits per heavy atom. The number of carbonyl (C=O) groups is 1. The Labute approximate surface area is 160 Å². The molecule has 1 amide bonds. The average Bonchev–Trinajstić information content (AvgIpc) is 2.48. The minimum Gasteiger partial charge on any atom is -0.483 e. The number of hydrogen-bond acceptors (Lipinski definition) is 2. The lowest BCUT2D eigenvalue weighted by atomic mass is 9.87. The van der Waals surface area contributed by atoms with Gasteiger partial charge in [-0.05, 0) is 57.2 Å². The topological polar surface area (TPSA) is 38.3 Å². The van der Waals surface area contributed by atoms with Gasteiger partial charge in [-0.3, -0.25) is 4.79 Å². The van der Waals surface area contributed by atoms with E-state index in [1.165, 1.54) is 5.56 Å². The SMILES string of the molecule is CC(C)(C)c1ccc(OCC(=O)Nc2cc(Cl)ccc2Cl)c(Br)c1. The third kappa shape index (κ3) is 5.13. The molecule has 0 fully saturated rings. The Morgan fingerprint density at radius 1 is 1.17 bits per heavy atom. The van der Waals surface area contributed by atoms with Crippen LogP contribution in [-0.4, -0.2) is 12.5 Å². The van der Waals surface area contributed by atoms with Crippen LogP contribution in [-0.2, 0) is 10.2 Å². The summed E-state index contributed by atoms with van der Waals surface area (Å²) in [6.07, 6.45) is 0. The van der Waals surface area contributed by atoms with E-state index in [0.29, 0.717) is 21.5 Å². The number of ether oxygens (including phenoxy) is 1. The summed E-state index contributed by atoms with van der Waals surface area (Å²) in [5.41, 5.74) is 1.68. The molecule has 0 saturated heterocycles. The molecule has 2 rings (SSSR count). The summed E-state index contributed by atoms with van der Waals surface area (Å²) in [7, 11) is 0. The fourth-order valence-corrected chi connectivity index (χ4v) is 2.84. The van der Waals surface area contributed by atoms with Crippen molar-refractivity contribution in [1.29, 1.82) is 0 Å². The number of nitrogens with one attached hydrogen (secondary N) is 1. The van der Waals surface area contributed by atoms with Crippen LogP contribution in [0.1, 0.15) is 26.3 Å². The van der Waals surface area contributed by atoms with Crippen LogP contribution in [0.2, 0.25) is 10.0 Å². The average molecular weight is 431 g/mol. The highest BCUT2D eigenvalue weighted by Gasteiger charge is 2.16. The number of halogens is 3. The monoisotopic (exact) mass is 429 g/mol. The molecular weight excluding hydrogens is 413 g/mol. The fraction of sp³-hybridized carbons (Fsp3) is 0.278. The second-order valence-corrected chi connectivity index (χ2v) is 8.05. The number of hydrogen-bond donors (Lipinski definition) is 1. The van der Waals surface area contributed by atoms with Crippen LogP contribution in [0.5, 0.6) is 5.75 Å². The van der Waals surface area contributed by atoms with E-state index >= 15 is 0 Å². The van der Waals surface area contributed by atoms with E-state index in [1.807, 2.05) is 18.2 Å². The molecule has 6 heteroatoms. The number of carbonyl (C=O) groups excluding carboxylic acids is 1. The molecule has 0 aromatic heterocycles. The molecule has 0 saturated carbocycles. The number of benzene rings is 2. The van der Waals surface area contributed by atoms with E-state index in [4.69, 9.17) is 27.9 Å². The molecule has 2 aromatic carbocycles. The van der Waals surface area contributed by atoms with Crippen molar-refractivity contribution >= 4 is 50.7 Å². The molecule has 3 nitrogen and oxygen atoms in total. The van der Waals surface area contributed by atoms with Gasteiger partial charge in [0.15, 0.2) is 6.61 Å². The standard InChI is InChI=1S/C18H18BrCl2NO2/c1-18(2,3)11-4-7-16(13(19)8-11)24-10-17(23)22-15-9-12(20)5-6-14(15)21/h4-9H,10H2,1-3H3,(H,22,23). The highest BCUT2D eigenvalue weighted by atomic mass is 79.9. The second kappa shape index (κ2) is 7.77. The van der Waals surface area contributed by atoms with Crippen molar-refractivity contribution in [2.75, 3.05) is 11.9 Å². The molecule has 0 aliphatic carbocycles. The predicted molar refractivity (Wildman–Crippen MR) is 103 cm³/mol. The third-order valence-electron chi connectivity index (χ3n) is 3.36. The predicted octanol–water partition coefficient (Wildman–Crippen LogP) is 6.07. The van der Waals surface area contributed by atoms with Crippen LogP contribution >= 0.6 is 39.1 Å². The summed E-state index contributed by atoms with van der Waals surface area (Å²) >= 11 is 15.4. The Bertz CT molecular complexity index is 757. The molecule has 0 atom stereocenters. The Kier molecular flexibility index (Phi) is 6.18. The van der Waals surface area contributed by atoms with Gasteiger partial charge in [0.25, 0.3) is 5.91 Å². The van der Waals surface area contributed by atoms with Gasteiger partial charge in [0, 0.05) is 5.02 Å². The molecule has 0 heterocycles. The van der Waals surface area contributed by atoms with Gasteiger partial charge in [-0.15, -0.1) is 0 Å². The highest BCUT2D eigenvalue weighted by molar-refractivity contribution is 9.10. The van der Waals surface area contributed by atoms with Crippen molar-refractivity contribution in [3.8, 4) is 5.75 Å². The molecule has 2 aromatic rings. The van der Waals surface area contributed by atoms with E-state index in [0.717, 1.165) is 4.47 Å². The molecule has 0 spiro atoms. The number of rotatable bonds is 4. The largest absolute Gasteiger partial charge is 0.483 e. The molecule has 0 unspecified atom stereocenters. The summed E-state index contributed by atoms with van der Waals surface area (Å²) in [4.78, 5) is 12.0. The van der Waals surface area contributed by atoms with Crippen LogP contribution in [0.25, 0.3) is 0 Å². The lowest BCUT2D eigenvalue weighted by molar-refractivity contribution is -0.118. The quantitative estimate of drug-likeness (QED) is 0.638. The van der Waals surface area contributed by atoms with Crippen molar-refractivity contribution in [3.63, 3.8) is 0 Å². The lowest BCUT2D eigenvalue weighted by Gasteiger charge is -2.20. The summed E-state index contributed by atoms with van der Waals surface area (Å²) < 4.78 is 6.38. The number of anilines is 1.